The molecular formula is C13H12Br2N2O2S. The van der Waals surface area contributed by atoms with Gasteiger partial charge in [-0.05, 0) is 57.8 Å². The van der Waals surface area contributed by atoms with Crippen molar-refractivity contribution in [1.29, 1.82) is 0 Å². The predicted octanol–water partition coefficient (Wildman–Crippen LogP) is 4.90. The van der Waals surface area contributed by atoms with Crippen LogP contribution in [-0.2, 0) is 4.74 Å². The van der Waals surface area contributed by atoms with Gasteiger partial charge in [0.2, 0.25) is 0 Å². The maximum Gasteiger partial charge on any atom is 0.358 e. The molecule has 2 rings (SSSR count). The molecule has 0 saturated carbocycles. The maximum absolute atomic E-state index is 11.7. The van der Waals surface area contributed by atoms with Crippen molar-refractivity contribution in [3.8, 4) is 0 Å². The molecule has 0 spiro atoms. The molecule has 1 heterocycles. The first-order valence-corrected chi connectivity index (χ1v) is 8.28. The molecule has 0 bridgehead atoms. The molecule has 7 heteroatoms. The van der Waals surface area contributed by atoms with Crippen LogP contribution in [0.15, 0.2) is 27.1 Å². The average molecular weight is 420 g/mol. The lowest BCUT2D eigenvalue weighted by Crippen LogP contribution is -2.06. The highest BCUT2D eigenvalue weighted by atomic mass is 79.9. The minimum absolute atomic E-state index is 0.342. The Kier molecular flexibility index (Phi) is 5.17. The predicted molar refractivity (Wildman–Crippen MR) is 87.9 cm³/mol. The number of halogens is 2. The second-order valence-corrected chi connectivity index (χ2v) is 6.78. The van der Waals surface area contributed by atoms with Gasteiger partial charge >= 0.3 is 5.97 Å². The van der Waals surface area contributed by atoms with E-state index in [9.17, 15) is 4.79 Å². The Morgan fingerprint density at radius 3 is 2.65 bits per heavy atom. The molecule has 0 fully saturated rings. The number of anilines is 2. The first-order valence-electron chi connectivity index (χ1n) is 5.88. The number of carbonyl (C=O) groups is 1. The van der Waals surface area contributed by atoms with Gasteiger partial charge in [-0.25, -0.2) is 9.78 Å². The Balaban J connectivity index is 2.27. The van der Waals surface area contributed by atoms with E-state index in [0.717, 1.165) is 19.5 Å². The number of thiazole rings is 1. The zero-order valence-electron chi connectivity index (χ0n) is 10.9. The highest BCUT2D eigenvalue weighted by Gasteiger charge is 2.17. The molecule has 0 aliphatic carbocycles. The standard InChI is InChI=1S/C13H12Br2N2O2S/c1-3-19-12(18)10-7(2)20-13(16-10)17-11-8(14)5-4-6-9(11)15/h4-6H,3H2,1-2H3,(H,16,17). The molecule has 0 amide bonds. The highest BCUT2D eigenvalue weighted by molar-refractivity contribution is 9.11. The number of aromatic nitrogens is 1. The molecule has 0 radical (unpaired) electrons. The molecule has 0 aliphatic heterocycles. The van der Waals surface area contributed by atoms with Gasteiger partial charge < -0.3 is 10.1 Å². The van der Waals surface area contributed by atoms with Crippen molar-refractivity contribution in [3.63, 3.8) is 0 Å². The summed E-state index contributed by atoms with van der Waals surface area (Å²) in [7, 11) is 0. The zero-order chi connectivity index (χ0) is 14.7. The fourth-order valence-electron chi connectivity index (χ4n) is 1.56. The number of nitrogens with zero attached hydrogens (tertiary/aromatic N) is 1. The van der Waals surface area contributed by atoms with E-state index in [2.05, 4.69) is 42.2 Å². The molecule has 0 unspecified atom stereocenters. The molecule has 0 saturated heterocycles. The van der Waals surface area contributed by atoms with Crippen LogP contribution in [0.1, 0.15) is 22.3 Å². The number of hydrogen-bond donors (Lipinski definition) is 1. The number of nitrogens with one attached hydrogen (secondary N) is 1. The summed E-state index contributed by atoms with van der Waals surface area (Å²) in [5.41, 5.74) is 1.24. The van der Waals surface area contributed by atoms with Gasteiger partial charge in [-0.3, -0.25) is 0 Å². The number of hydrogen-bond acceptors (Lipinski definition) is 5. The topological polar surface area (TPSA) is 51.2 Å². The van der Waals surface area contributed by atoms with Gasteiger partial charge in [0.15, 0.2) is 10.8 Å². The average Bonchev–Trinajstić information content (AvgIpc) is 2.75. The number of para-hydroxylation sites is 1. The molecule has 4 nitrogen and oxygen atoms in total. The largest absolute Gasteiger partial charge is 0.461 e. The van der Waals surface area contributed by atoms with Crippen molar-refractivity contribution in [2.45, 2.75) is 13.8 Å². The lowest BCUT2D eigenvalue weighted by atomic mass is 10.3. The van der Waals surface area contributed by atoms with E-state index in [1.54, 1.807) is 6.92 Å². The molecule has 2 aromatic rings. The quantitative estimate of drug-likeness (QED) is 0.716. The van der Waals surface area contributed by atoms with Crippen LogP contribution in [0.25, 0.3) is 0 Å². The van der Waals surface area contributed by atoms with E-state index >= 15 is 0 Å². The second kappa shape index (κ2) is 6.69. The second-order valence-electron chi connectivity index (χ2n) is 3.87. The zero-order valence-corrected chi connectivity index (χ0v) is 14.9. The van der Waals surface area contributed by atoms with E-state index < -0.39 is 0 Å². The van der Waals surface area contributed by atoms with E-state index in [0.29, 0.717) is 17.4 Å². The van der Waals surface area contributed by atoms with Crippen LogP contribution in [0.5, 0.6) is 0 Å². The van der Waals surface area contributed by atoms with E-state index in [-0.39, 0.29) is 5.97 Å². The SMILES string of the molecule is CCOC(=O)c1nc(Nc2c(Br)cccc2Br)sc1C. The van der Waals surface area contributed by atoms with E-state index in [1.807, 2.05) is 25.1 Å². The number of benzene rings is 1. The Bertz CT molecular complexity index is 623. The molecule has 20 heavy (non-hydrogen) atoms. The van der Waals surface area contributed by atoms with Gasteiger partial charge in [0.25, 0.3) is 0 Å². The van der Waals surface area contributed by atoms with Crippen molar-refractivity contribution in [2.75, 3.05) is 11.9 Å². The molecular weight excluding hydrogens is 408 g/mol. The Labute approximate surface area is 137 Å². The number of ether oxygens (including phenoxy) is 1. The summed E-state index contributed by atoms with van der Waals surface area (Å²) in [5.74, 6) is -0.388. The smallest absolute Gasteiger partial charge is 0.358 e. The fourth-order valence-corrected chi connectivity index (χ4v) is 3.57. The summed E-state index contributed by atoms with van der Waals surface area (Å²) in [6.45, 7) is 3.97. The van der Waals surface area contributed by atoms with Gasteiger partial charge in [-0.1, -0.05) is 6.07 Å². The van der Waals surface area contributed by atoms with E-state index in [4.69, 9.17) is 4.74 Å². The van der Waals surface area contributed by atoms with Crippen LogP contribution < -0.4 is 5.32 Å². The Hall–Kier alpha value is -0.920. The molecule has 0 aliphatic rings. The van der Waals surface area contributed by atoms with Gasteiger partial charge in [0.05, 0.1) is 12.3 Å². The van der Waals surface area contributed by atoms with Crippen LogP contribution >= 0.6 is 43.2 Å². The number of esters is 1. The number of aryl methyl sites for hydroxylation is 1. The highest BCUT2D eigenvalue weighted by Crippen LogP contribution is 2.35. The van der Waals surface area contributed by atoms with Crippen LogP contribution in [-0.4, -0.2) is 17.6 Å². The minimum atomic E-state index is -0.388. The van der Waals surface area contributed by atoms with Crippen molar-refractivity contribution in [1.82, 2.24) is 4.98 Å². The van der Waals surface area contributed by atoms with Crippen molar-refractivity contribution in [3.05, 3.63) is 37.7 Å². The summed E-state index contributed by atoms with van der Waals surface area (Å²) < 4.78 is 6.81. The summed E-state index contributed by atoms with van der Waals surface area (Å²) in [4.78, 5) is 16.9. The summed E-state index contributed by atoms with van der Waals surface area (Å²) in [6, 6.07) is 5.79. The molecule has 1 aromatic heterocycles. The van der Waals surface area contributed by atoms with Crippen molar-refractivity contribution in [2.24, 2.45) is 0 Å². The summed E-state index contributed by atoms with van der Waals surface area (Å²) >= 11 is 8.37. The Morgan fingerprint density at radius 1 is 1.40 bits per heavy atom. The summed E-state index contributed by atoms with van der Waals surface area (Å²) in [5, 5.41) is 3.86. The molecule has 0 atom stereocenters. The van der Waals surface area contributed by atoms with Gasteiger partial charge in [-0.15, -0.1) is 11.3 Å². The maximum atomic E-state index is 11.7. The van der Waals surface area contributed by atoms with Crippen LogP contribution in [0.3, 0.4) is 0 Å². The van der Waals surface area contributed by atoms with E-state index in [1.165, 1.54) is 11.3 Å². The van der Waals surface area contributed by atoms with Gasteiger partial charge in [0.1, 0.15) is 0 Å². The first kappa shape index (κ1) is 15.5. The number of carbonyl (C=O) groups excluding carboxylic acids is 1. The van der Waals surface area contributed by atoms with Crippen LogP contribution in [0, 0.1) is 6.92 Å². The van der Waals surface area contributed by atoms with Gasteiger partial charge in [0, 0.05) is 13.8 Å². The third-order valence-corrected chi connectivity index (χ3v) is 4.67. The normalized spacial score (nSPS) is 10.4. The minimum Gasteiger partial charge on any atom is -0.461 e. The molecule has 1 aromatic carbocycles. The lowest BCUT2D eigenvalue weighted by molar-refractivity contribution is 0.0519. The van der Waals surface area contributed by atoms with Crippen LogP contribution in [0.2, 0.25) is 0 Å². The van der Waals surface area contributed by atoms with Crippen molar-refractivity contribution >= 4 is 60.0 Å². The third kappa shape index (κ3) is 3.39. The first-order chi connectivity index (χ1) is 9.52. The fraction of sp³-hybridized carbons (Fsp3) is 0.231. The lowest BCUT2D eigenvalue weighted by Gasteiger charge is -2.07. The monoisotopic (exact) mass is 418 g/mol. The Morgan fingerprint density at radius 2 is 2.05 bits per heavy atom. The third-order valence-electron chi connectivity index (χ3n) is 2.46. The van der Waals surface area contributed by atoms with Gasteiger partial charge in [-0.2, -0.15) is 0 Å². The number of rotatable bonds is 4. The molecule has 106 valence electrons. The van der Waals surface area contributed by atoms with Crippen molar-refractivity contribution < 1.29 is 9.53 Å². The summed E-state index contributed by atoms with van der Waals surface area (Å²) in [6.07, 6.45) is 0. The molecule has 1 N–H and O–H groups in total. The van der Waals surface area contributed by atoms with Crippen LogP contribution in [0.4, 0.5) is 10.8 Å².